The zero-order valence-corrected chi connectivity index (χ0v) is 32.0. The molecule has 1 atom stereocenters. The third kappa shape index (κ3) is 6.03. The summed E-state index contributed by atoms with van der Waals surface area (Å²) >= 11 is 0. The van der Waals surface area contributed by atoms with Crippen LogP contribution in [0.5, 0.6) is 0 Å². The zero-order chi connectivity index (χ0) is 37.6. The van der Waals surface area contributed by atoms with Gasteiger partial charge < -0.3 is 4.57 Å². The molecule has 0 radical (unpaired) electrons. The maximum atomic E-state index is 4.32. The minimum atomic E-state index is 0.0150. The molecule has 1 unspecified atom stereocenters. The highest BCUT2D eigenvalue weighted by Gasteiger charge is 2.35. The Morgan fingerprint density at radius 3 is 2.02 bits per heavy atom. The summed E-state index contributed by atoms with van der Waals surface area (Å²) in [5.74, 6) is 0.371. The Morgan fingerprint density at radius 2 is 1.20 bits per heavy atom. The monoisotopic (exact) mass is 720 g/mol. The molecule has 2 heterocycles. The molecule has 1 aliphatic rings. The van der Waals surface area contributed by atoms with E-state index in [4.69, 9.17) is 0 Å². The van der Waals surface area contributed by atoms with Gasteiger partial charge in [0.15, 0.2) is 0 Å². The number of fused-ring (bicyclic) bond motifs is 6. The molecule has 0 fully saturated rings. The van der Waals surface area contributed by atoms with Crippen molar-refractivity contribution >= 4 is 21.8 Å². The van der Waals surface area contributed by atoms with E-state index in [1.807, 2.05) is 18.5 Å². The molecule has 1 aliphatic carbocycles. The minimum absolute atomic E-state index is 0.0150. The largest absolute Gasteiger partial charge is 0.309 e. The van der Waals surface area contributed by atoms with Crippen molar-refractivity contribution in [1.82, 2.24) is 9.55 Å². The van der Waals surface area contributed by atoms with E-state index < -0.39 is 0 Å². The van der Waals surface area contributed by atoms with Gasteiger partial charge in [0.2, 0.25) is 0 Å². The number of nitrogens with zero attached hydrogens (tertiary/aromatic N) is 2. The lowest BCUT2D eigenvalue weighted by atomic mass is 9.81. The van der Waals surface area contributed by atoms with Gasteiger partial charge in [0.05, 0.1) is 11.0 Å². The predicted molar refractivity (Wildman–Crippen MR) is 235 cm³/mol. The van der Waals surface area contributed by atoms with Crippen LogP contribution in [0.4, 0.5) is 0 Å². The van der Waals surface area contributed by atoms with Gasteiger partial charge in [-0.15, -0.1) is 0 Å². The van der Waals surface area contributed by atoms with Crippen LogP contribution in [0.3, 0.4) is 0 Å². The van der Waals surface area contributed by atoms with Gasteiger partial charge in [0.1, 0.15) is 0 Å². The average molecular weight is 721 g/mol. The first kappa shape index (κ1) is 34.0. The number of aromatic nitrogens is 2. The van der Waals surface area contributed by atoms with Gasteiger partial charge in [0, 0.05) is 34.3 Å². The van der Waals surface area contributed by atoms with E-state index in [1.165, 1.54) is 83.1 Å². The quantitative estimate of drug-likeness (QED) is 0.145. The van der Waals surface area contributed by atoms with Crippen molar-refractivity contribution in [1.29, 1.82) is 0 Å². The van der Waals surface area contributed by atoms with Crippen molar-refractivity contribution in [3.8, 4) is 39.1 Å². The lowest BCUT2D eigenvalue weighted by molar-refractivity contribution is 0.620. The lowest BCUT2D eigenvalue weighted by Crippen LogP contribution is -2.14. The van der Waals surface area contributed by atoms with Crippen LogP contribution in [0, 0.1) is 0 Å². The van der Waals surface area contributed by atoms with Crippen molar-refractivity contribution < 1.29 is 0 Å². The molecule has 0 aliphatic heterocycles. The molecule has 0 saturated carbocycles. The third-order valence-corrected chi connectivity index (χ3v) is 12.3. The summed E-state index contributed by atoms with van der Waals surface area (Å²) in [7, 11) is 0. The molecule has 270 valence electrons. The van der Waals surface area contributed by atoms with Crippen molar-refractivity contribution in [3.05, 3.63) is 216 Å². The molecule has 7 aromatic carbocycles. The molecule has 0 amide bonds. The van der Waals surface area contributed by atoms with E-state index in [2.05, 4.69) is 193 Å². The first-order chi connectivity index (χ1) is 27.5. The molecule has 2 nitrogen and oxygen atoms in total. The third-order valence-electron chi connectivity index (χ3n) is 12.3. The molecule has 2 aromatic heterocycles. The Bertz CT molecular complexity index is 2830. The summed E-state index contributed by atoms with van der Waals surface area (Å²) in [5.41, 5.74) is 18.3. The summed E-state index contributed by atoms with van der Waals surface area (Å²) in [6.07, 6.45) is 6.84. The summed E-state index contributed by atoms with van der Waals surface area (Å²) in [6, 6.07) is 65.3. The van der Waals surface area contributed by atoms with E-state index in [-0.39, 0.29) is 5.41 Å². The van der Waals surface area contributed by atoms with Gasteiger partial charge in [-0.05, 0) is 123 Å². The number of hydrogen-bond donors (Lipinski definition) is 0. The lowest BCUT2D eigenvalue weighted by Gasteiger charge is -2.22. The standard InChI is InChI=1S/C54H44N2/c1-54(2)50-16-8-6-14-46(50)48-34-38(21-30-51(48)54)33-42(24-20-37-18-22-41(23-19-37)44-11-10-32-55-36-44)39-25-27-40(28-26-39)43-29-31-53-49(35-43)47-15-7-9-17-52(47)56(53)45-12-4-3-5-13-45/h3-19,21-23,25-32,34-36,42H,20,24,33H2,1-2H3. The fourth-order valence-electron chi connectivity index (χ4n) is 9.26. The van der Waals surface area contributed by atoms with Crippen LogP contribution in [0.15, 0.2) is 188 Å². The maximum Gasteiger partial charge on any atom is 0.0541 e. The number of aryl methyl sites for hydroxylation is 1. The van der Waals surface area contributed by atoms with Gasteiger partial charge in [0.25, 0.3) is 0 Å². The van der Waals surface area contributed by atoms with Gasteiger partial charge in [-0.1, -0.05) is 153 Å². The van der Waals surface area contributed by atoms with Crippen LogP contribution in [0.2, 0.25) is 0 Å². The molecule has 10 rings (SSSR count). The van der Waals surface area contributed by atoms with E-state index >= 15 is 0 Å². The molecular weight excluding hydrogens is 677 g/mol. The van der Waals surface area contributed by atoms with Crippen molar-refractivity contribution in [2.24, 2.45) is 0 Å². The minimum Gasteiger partial charge on any atom is -0.309 e. The summed E-state index contributed by atoms with van der Waals surface area (Å²) in [5, 5.41) is 2.55. The van der Waals surface area contributed by atoms with Crippen LogP contribution in [0.1, 0.15) is 54.0 Å². The van der Waals surface area contributed by atoms with Crippen molar-refractivity contribution in [2.75, 3.05) is 0 Å². The zero-order valence-electron chi connectivity index (χ0n) is 32.0. The molecule has 2 heteroatoms. The molecule has 56 heavy (non-hydrogen) atoms. The normalized spacial score (nSPS) is 13.5. The highest BCUT2D eigenvalue weighted by molar-refractivity contribution is 6.10. The van der Waals surface area contributed by atoms with Crippen molar-refractivity contribution in [3.63, 3.8) is 0 Å². The fraction of sp³-hybridized carbons (Fsp3) is 0.130. The Labute approximate surface area is 329 Å². The fourth-order valence-corrected chi connectivity index (χ4v) is 9.26. The van der Waals surface area contributed by atoms with E-state index in [0.29, 0.717) is 5.92 Å². The second-order valence-corrected chi connectivity index (χ2v) is 16.0. The Morgan fingerprint density at radius 1 is 0.518 bits per heavy atom. The van der Waals surface area contributed by atoms with E-state index in [0.717, 1.165) is 24.8 Å². The molecule has 0 N–H and O–H groups in total. The number of benzene rings is 7. The second-order valence-electron chi connectivity index (χ2n) is 16.0. The highest BCUT2D eigenvalue weighted by Crippen LogP contribution is 2.49. The predicted octanol–water partition coefficient (Wildman–Crippen LogP) is 13.8. The van der Waals surface area contributed by atoms with Crippen LogP contribution in [-0.2, 0) is 18.3 Å². The molecule has 0 spiro atoms. The average Bonchev–Trinajstić information content (AvgIpc) is 3.71. The molecular formula is C54H44N2. The first-order valence-electron chi connectivity index (χ1n) is 19.9. The van der Waals surface area contributed by atoms with Gasteiger partial charge in [-0.3, -0.25) is 4.98 Å². The Kier molecular flexibility index (Phi) is 8.48. The molecule has 9 aromatic rings. The number of hydrogen-bond acceptors (Lipinski definition) is 1. The Balaban J connectivity index is 0.975. The summed E-state index contributed by atoms with van der Waals surface area (Å²) < 4.78 is 2.38. The van der Waals surface area contributed by atoms with E-state index in [1.54, 1.807) is 0 Å². The number of rotatable bonds is 9. The van der Waals surface area contributed by atoms with Crippen LogP contribution in [0.25, 0.3) is 60.9 Å². The van der Waals surface area contributed by atoms with Gasteiger partial charge in [-0.2, -0.15) is 0 Å². The molecule has 0 saturated heterocycles. The number of pyridine rings is 1. The SMILES string of the molecule is CC1(C)c2ccccc2-c2cc(CC(CCc3ccc(-c4cccnc4)cc3)c3ccc(-c4ccc5c(c4)c4ccccc4n5-c4ccccc4)cc3)ccc21. The topological polar surface area (TPSA) is 17.8 Å². The van der Waals surface area contributed by atoms with Gasteiger partial charge in [-0.25, -0.2) is 0 Å². The van der Waals surface area contributed by atoms with Crippen LogP contribution < -0.4 is 0 Å². The summed E-state index contributed by atoms with van der Waals surface area (Å²) in [4.78, 5) is 4.32. The Hall–Kier alpha value is -6.51. The maximum absolute atomic E-state index is 4.32. The smallest absolute Gasteiger partial charge is 0.0541 e. The number of para-hydroxylation sites is 2. The van der Waals surface area contributed by atoms with E-state index in [9.17, 15) is 0 Å². The first-order valence-corrected chi connectivity index (χ1v) is 19.9. The summed E-state index contributed by atoms with van der Waals surface area (Å²) in [6.45, 7) is 4.72. The second kappa shape index (κ2) is 14.0. The van der Waals surface area contributed by atoms with Crippen LogP contribution >= 0.6 is 0 Å². The van der Waals surface area contributed by atoms with Crippen molar-refractivity contribution in [2.45, 2.75) is 44.4 Å². The molecule has 0 bridgehead atoms. The van der Waals surface area contributed by atoms with Gasteiger partial charge >= 0.3 is 0 Å². The van der Waals surface area contributed by atoms with Crippen LogP contribution in [-0.4, -0.2) is 9.55 Å². The highest BCUT2D eigenvalue weighted by atomic mass is 15.0.